The van der Waals surface area contributed by atoms with Crippen LogP contribution < -0.4 is 4.72 Å². The van der Waals surface area contributed by atoms with E-state index in [4.69, 9.17) is 5.11 Å². The van der Waals surface area contributed by atoms with Gasteiger partial charge in [0.25, 0.3) is 0 Å². The highest BCUT2D eigenvalue weighted by Crippen LogP contribution is 2.08. The van der Waals surface area contributed by atoms with Crippen LogP contribution in [0.5, 0.6) is 0 Å². The zero-order valence-corrected chi connectivity index (χ0v) is 10.1. The first-order valence-electron chi connectivity index (χ1n) is 5.02. The summed E-state index contributed by atoms with van der Waals surface area (Å²) in [6.45, 7) is 3.33. The van der Waals surface area contributed by atoms with Gasteiger partial charge in [0.15, 0.2) is 0 Å². The second kappa shape index (κ2) is 5.38. The van der Waals surface area contributed by atoms with Crippen LogP contribution in [0.1, 0.15) is 20.3 Å². The Balaban J connectivity index is 2.73. The molecule has 1 rings (SSSR count). The minimum absolute atomic E-state index is 0.132. The van der Waals surface area contributed by atoms with Gasteiger partial charge in [-0.3, -0.25) is 4.98 Å². The Morgan fingerprint density at radius 2 is 2.19 bits per heavy atom. The van der Waals surface area contributed by atoms with E-state index >= 15 is 0 Å². The van der Waals surface area contributed by atoms with Crippen LogP contribution in [-0.2, 0) is 10.0 Å². The van der Waals surface area contributed by atoms with Crippen molar-refractivity contribution in [1.82, 2.24) is 9.71 Å². The highest BCUT2D eigenvalue weighted by Gasteiger charge is 2.18. The van der Waals surface area contributed by atoms with Crippen LogP contribution in [0, 0.1) is 0 Å². The Morgan fingerprint density at radius 3 is 2.69 bits per heavy atom. The fourth-order valence-corrected chi connectivity index (χ4v) is 2.62. The van der Waals surface area contributed by atoms with Gasteiger partial charge in [0.05, 0.1) is 6.10 Å². The van der Waals surface area contributed by atoms with Crippen molar-refractivity contribution in [2.24, 2.45) is 0 Å². The van der Waals surface area contributed by atoms with E-state index < -0.39 is 16.1 Å². The third-order valence-electron chi connectivity index (χ3n) is 2.00. The zero-order valence-electron chi connectivity index (χ0n) is 9.29. The molecule has 0 aliphatic heterocycles. The Labute approximate surface area is 95.6 Å². The van der Waals surface area contributed by atoms with Gasteiger partial charge in [-0.1, -0.05) is 0 Å². The van der Waals surface area contributed by atoms with Crippen molar-refractivity contribution in [3.8, 4) is 0 Å². The van der Waals surface area contributed by atoms with E-state index in [-0.39, 0.29) is 10.9 Å². The summed E-state index contributed by atoms with van der Waals surface area (Å²) in [6.07, 6.45) is 2.64. The first-order valence-corrected chi connectivity index (χ1v) is 6.50. The van der Waals surface area contributed by atoms with E-state index in [0.717, 1.165) is 0 Å². The van der Waals surface area contributed by atoms with E-state index in [1.807, 2.05) is 0 Å². The van der Waals surface area contributed by atoms with Gasteiger partial charge < -0.3 is 5.11 Å². The molecule has 2 N–H and O–H groups in total. The summed E-state index contributed by atoms with van der Waals surface area (Å²) in [5.41, 5.74) is 0. The van der Waals surface area contributed by atoms with Gasteiger partial charge in [-0.2, -0.15) is 0 Å². The molecule has 0 aliphatic carbocycles. The molecule has 6 heteroatoms. The molecule has 1 aromatic rings. The maximum absolute atomic E-state index is 11.8. The maximum Gasteiger partial charge on any atom is 0.242 e. The molecule has 16 heavy (non-hydrogen) atoms. The number of aliphatic hydroxyl groups is 1. The number of pyridine rings is 1. The minimum Gasteiger partial charge on any atom is -0.393 e. The predicted molar refractivity (Wildman–Crippen MR) is 60.3 cm³/mol. The van der Waals surface area contributed by atoms with Gasteiger partial charge in [-0.25, -0.2) is 13.1 Å². The average molecular weight is 244 g/mol. The number of hydrogen-bond donors (Lipinski definition) is 2. The Kier molecular flexibility index (Phi) is 4.40. The van der Waals surface area contributed by atoms with Crippen molar-refractivity contribution in [2.45, 2.75) is 37.3 Å². The molecule has 0 spiro atoms. The van der Waals surface area contributed by atoms with Crippen molar-refractivity contribution in [2.75, 3.05) is 0 Å². The van der Waals surface area contributed by atoms with Crippen molar-refractivity contribution in [1.29, 1.82) is 0 Å². The lowest BCUT2D eigenvalue weighted by atomic mass is 10.2. The van der Waals surface area contributed by atoms with Crippen LogP contribution in [-0.4, -0.2) is 30.7 Å². The zero-order chi connectivity index (χ0) is 12.2. The van der Waals surface area contributed by atoms with Crippen LogP contribution in [0.2, 0.25) is 0 Å². The summed E-state index contributed by atoms with van der Waals surface area (Å²) in [6, 6.07) is 2.73. The van der Waals surface area contributed by atoms with Crippen molar-refractivity contribution >= 4 is 10.0 Å². The first-order chi connectivity index (χ1) is 7.42. The minimum atomic E-state index is -3.53. The molecule has 2 atom stereocenters. The van der Waals surface area contributed by atoms with Crippen LogP contribution in [0.15, 0.2) is 29.4 Å². The molecule has 1 aromatic heterocycles. The number of nitrogens with zero attached hydrogens (tertiary/aromatic N) is 1. The van der Waals surface area contributed by atoms with Crippen molar-refractivity contribution in [3.63, 3.8) is 0 Å². The topological polar surface area (TPSA) is 79.3 Å². The molecule has 1 heterocycles. The molecule has 5 nitrogen and oxygen atoms in total. The summed E-state index contributed by atoms with van der Waals surface area (Å²) >= 11 is 0. The molecule has 2 unspecified atom stereocenters. The first kappa shape index (κ1) is 13.1. The van der Waals surface area contributed by atoms with Crippen LogP contribution in [0.3, 0.4) is 0 Å². The SMILES string of the molecule is CC(O)CC(C)NS(=O)(=O)c1cccnc1. The van der Waals surface area contributed by atoms with Gasteiger partial charge in [0, 0.05) is 18.4 Å². The monoisotopic (exact) mass is 244 g/mol. The van der Waals surface area contributed by atoms with Crippen molar-refractivity contribution in [3.05, 3.63) is 24.5 Å². The largest absolute Gasteiger partial charge is 0.393 e. The van der Waals surface area contributed by atoms with E-state index in [1.54, 1.807) is 19.9 Å². The normalized spacial score (nSPS) is 15.7. The maximum atomic E-state index is 11.8. The molecule has 0 radical (unpaired) electrons. The Hall–Kier alpha value is -0.980. The molecule has 0 saturated carbocycles. The fraction of sp³-hybridized carbons (Fsp3) is 0.500. The summed E-state index contributed by atoms with van der Waals surface area (Å²) in [4.78, 5) is 3.88. The van der Waals surface area contributed by atoms with Gasteiger partial charge >= 0.3 is 0 Å². The smallest absolute Gasteiger partial charge is 0.242 e. The molecule has 0 amide bonds. The Bertz CT molecular complexity index is 417. The molecule has 0 fully saturated rings. The van der Waals surface area contributed by atoms with Gasteiger partial charge in [0.1, 0.15) is 4.90 Å². The number of rotatable bonds is 5. The molecule has 0 saturated heterocycles. The number of sulfonamides is 1. The molecule has 0 aromatic carbocycles. The average Bonchev–Trinajstić information content (AvgIpc) is 2.16. The lowest BCUT2D eigenvalue weighted by molar-refractivity contribution is 0.175. The molecule has 0 bridgehead atoms. The van der Waals surface area contributed by atoms with E-state index in [0.29, 0.717) is 6.42 Å². The van der Waals surface area contributed by atoms with E-state index in [2.05, 4.69) is 9.71 Å². The third kappa shape index (κ3) is 3.88. The predicted octanol–water partition coefficient (Wildman–Crippen LogP) is 0.519. The third-order valence-corrected chi connectivity index (χ3v) is 3.57. The van der Waals surface area contributed by atoms with E-state index in [1.165, 1.54) is 18.5 Å². The number of aliphatic hydroxyl groups excluding tert-OH is 1. The fourth-order valence-electron chi connectivity index (χ4n) is 1.40. The molecule has 90 valence electrons. The number of aromatic nitrogens is 1. The summed E-state index contributed by atoms with van der Waals surface area (Å²) in [7, 11) is -3.53. The molecule has 0 aliphatic rings. The summed E-state index contributed by atoms with van der Waals surface area (Å²) in [5.74, 6) is 0. The standard InChI is InChI=1S/C10H16N2O3S/c1-8(6-9(2)13)12-16(14,15)10-4-3-5-11-7-10/h3-5,7-9,12-13H,6H2,1-2H3. The highest BCUT2D eigenvalue weighted by atomic mass is 32.2. The second-order valence-electron chi connectivity index (χ2n) is 3.80. The molecular weight excluding hydrogens is 228 g/mol. The lowest BCUT2D eigenvalue weighted by Gasteiger charge is -2.15. The van der Waals surface area contributed by atoms with Crippen molar-refractivity contribution < 1.29 is 13.5 Å². The van der Waals surface area contributed by atoms with Gasteiger partial charge in [0.2, 0.25) is 10.0 Å². The molecular formula is C10H16N2O3S. The quantitative estimate of drug-likeness (QED) is 0.791. The highest BCUT2D eigenvalue weighted by molar-refractivity contribution is 7.89. The number of nitrogens with one attached hydrogen (secondary N) is 1. The van der Waals surface area contributed by atoms with E-state index in [9.17, 15) is 8.42 Å². The summed E-state index contributed by atoms with van der Waals surface area (Å²) < 4.78 is 26.1. The van der Waals surface area contributed by atoms with Crippen LogP contribution in [0.4, 0.5) is 0 Å². The van der Waals surface area contributed by atoms with Crippen LogP contribution in [0.25, 0.3) is 0 Å². The second-order valence-corrected chi connectivity index (χ2v) is 5.51. The van der Waals surface area contributed by atoms with Crippen LogP contribution >= 0.6 is 0 Å². The van der Waals surface area contributed by atoms with Gasteiger partial charge in [-0.05, 0) is 32.4 Å². The summed E-state index contributed by atoms with van der Waals surface area (Å²) in [5, 5.41) is 9.14. The van der Waals surface area contributed by atoms with Gasteiger partial charge in [-0.15, -0.1) is 0 Å². The lowest BCUT2D eigenvalue weighted by Crippen LogP contribution is -2.34. The number of hydrogen-bond acceptors (Lipinski definition) is 4. The Morgan fingerprint density at radius 1 is 1.50 bits per heavy atom.